The zero-order valence-electron chi connectivity index (χ0n) is 17.4. The van der Waals surface area contributed by atoms with Crippen LogP contribution in [-0.4, -0.2) is 34.0 Å². The number of benzene rings is 1. The van der Waals surface area contributed by atoms with Gasteiger partial charge in [-0.1, -0.05) is 24.3 Å². The first-order valence-corrected chi connectivity index (χ1v) is 10.3. The molecule has 1 aromatic carbocycles. The Labute approximate surface area is 172 Å². The van der Waals surface area contributed by atoms with Crippen LogP contribution in [0.4, 0.5) is 0 Å². The van der Waals surface area contributed by atoms with Gasteiger partial charge in [-0.05, 0) is 39.0 Å². The molecule has 2 aromatic heterocycles. The van der Waals surface area contributed by atoms with E-state index in [0.717, 1.165) is 42.4 Å². The molecule has 0 bridgehead atoms. The molecule has 152 valence electrons. The van der Waals surface area contributed by atoms with Gasteiger partial charge in [-0.3, -0.25) is 4.99 Å². The third-order valence-electron chi connectivity index (χ3n) is 5.08. The number of ether oxygens (including phenoxy) is 1. The first kappa shape index (κ1) is 19.3. The molecule has 0 saturated heterocycles. The molecular weight excluding hydrogens is 362 g/mol. The highest BCUT2D eigenvalue weighted by molar-refractivity contribution is 5.80. The van der Waals surface area contributed by atoms with Gasteiger partial charge in [0, 0.05) is 43.9 Å². The lowest BCUT2D eigenvalue weighted by Crippen LogP contribution is -2.45. The molecule has 1 aliphatic rings. The van der Waals surface area contributed by atoms with Gasteiger partial charge in [-0.2, -0.15) is 0 Å². The Kier molecular flexibility index (Phi) is 5.43. The Balaban J connectivity index is 1.47. The molecule has 0 spiro atoms. The van der Waals surface area contributed by atoms with Crippen molar-refractivity contribution in [1.82, 2.24) is 20.0 Å². The Morgan fingerprint density at radius 3 is 2.90 bits per heavy atom. The molecular formula is C23H29N5O. The summed E-state index contributed by atoms with van der Waals surface area (Å²) in [5, 5.41) is 6.99. The van der Waals surface area contributed by atoms with Crippen LogP contribution in [0.5, 0.6) is 5.75 Å². The minimum Gasteiger partial charge on any atom is -0.487 e. The fourth-order valence-electron chi connectivity index (χ4n) is 3.81. The number of aromatic nitrogens is 2. The maximum Gasteiger partial charge on any atom is 0.191 e. The third-order valence-corrected chi connectivity index (χ3v) is 5.08. The van der Waals surface area contributed by atoms with Crippen LogP contribution in [0.25, 0.3) is 5.65 Å². The molecule has 3 heterocycles. The lowest BCUT2D eigenvalue weighted by Gasteiger charge is -2.38. The Morgan fingerprint density at radius 2 is 2.07 bits per heavy atom. The van der Waals surface area contributed by atoms with E-state index < -0.39 is 0 Å². The predicted molar refractivity (Wildman–Crippen MR) is 117 cm³/mol. The lowest BCUT2D eigenvalue weighted by molar-refractivity contribution is 0.0694. The second-order valence-electron chi connectivity index (χ2n) is 8.01. The maximum absolute atomic E-state index is 6.15. The molecule has 3 aromatic rings. The Morgan fingerprint density at radius 1 is 1.24 bits per heavy atom. The molecule has 4 rings (SSSR count). The molecule has 6 nitrogen and oxygen atoms in total. The van der Waals surface area contributed by atoms with Gasteiger partial charge in [-0.15, -0.1) is 0 Å². The number of nitrogens with one attached hydrogen (secondary N) is 2. The van der Waals surface area contributed by atoms with E-state index in [-0.39, 0.29) is 11.6 Å². The fourth-order valence-corrected chi connectivity index (χ4v) is 3.81. The van der Waals surface area contributed by atoms with Crippen LogP contribution in [0.2, 0.25) is 0 Å². The number of pyridine rings is 1. The van der Waals surface area contributed by atoms with Crippen LogP contribution < -0.4 is 15.4 Å². The van der Waals surface area contributed by atoms with Crippen molar-refractivity contribution < 1.29 is 4.74 Å². The van der Waals surface area contributed by atoms with E-state index in [2.05, 4.69) is 54.7 Å². The van der Waals surface area contributed by atoms with Crippen molar-refractivity contribution >= 4 is 11.6 Å². The van der Waals surface area contributed by atoms with Crippen LogP contribution in [0, 0.1) is 0 Å². The quantitative estimate of drug-likeness (QED) is 0.514. The van der Waals surface area contributed by atoms with Gasteiger partial charge in [0.25, 0.3) is 0 Å². The van der Waals surface area contributed by atoms with Gasteiger partial charge < -0.3 is 19.8 Å². The fraction of sp³-hybridized carbons (Fsp3) is 0.391. The highest BCUT2D eigenvalue weighted by atomic mass is 16.5. The van der Waals surface area contributed by atoms with Crippen molar-refractivity contribution in [3.05, 3.63) is 66.1 Å². The van der Waals surface area contributed by atoms with Gasteiger partial charge >= 0.3 is 0 Å². The first-order valence-electron chi connectivity index (χ1n) is 10.3. The third kappa shape index (κ3) is 4.53. The second kappa shape index (κ2) is 8.15. The van der Waals surface area contributed by atoms with Crippen LogP contribution >= 0.6 is 0 Å². The first-order chi connectivity index (χ1) is 14.0. The molecule has 1 aliphatic heterocycles. The van der Waals surface area contributed by atoms with Crippen molar-refractivity contribution in [3.8, 4) is 5.75 Å². The molecule has 1 unspecified atom stereocenters. The normalized spacial score (nSPS) is 18.2. The van der Waals surface area contributed by atoms with Crippen LogP contribution in [0.15, 0.2) is 59.9 Å². The lowest BCUT2D eigenvalue weighted by atomic mass is 9.90. The van der Waals surface area contributed by atoms with Crippen molar-refractivity contribution in [1.29, 1.82) is 0 Å². The van der Waals surface area contributed by atoms with E-state index in [4.69, 9.17) is 9.73 Å². The second-order valence-corrected chi connectivity index (χ2v) is 8.01. The van der Waals surface area contributed by atoms with Gasteiger partial charge in [-0.25, -0.2) is 4.98 Å². The van der Waals surface area contributed by atoms with Gasteiger partial charge in [0.05, 0.1) is 11.7 Å². The molecule has 1 atom stereocenters. The summed E-state index contributed by atoms with van der Waals surface area (Å²) in [5.41, 5.74) is 2.98. The van der Waals surface area contributed by atoms with Gasteiger partial charge in [0.1, 0.15) is 17.0 Å². The molecule has 0 aliphatic carbocycles. The number of fused-ring (bicyclic) bond motifs is 2. The highest BCUT2D eigenvalue weighted by Gasteiger charge is 2.33. The number of hydrogen-bond acceptors (Lipinski definition) is 3. The van der Waals surface area contributed by atoms with Crippen LogP contribution in [-0.2, 0) is 6.42 Å². The topological polar surface area (TPSA) is 63.0 Å². The molecule has 29 heavy (non-hydrogen) atoms. The number of guanidine groups is 1. The van der Waals surface area contributed by atoms with Crippen molar-refractivity contribution in [2.45, 2.75) is 45.3 Å². The van der Waals surface area contributed by atoms with Gasteiger partial charge in [0.2, 0.25) is 0 Å². The monoisotopic (exact) mass is 391 g/mol. The molecule has 0 saturated carbocycles. The predicted octanol–water partition coefficient (Wildman–Crippen LogP) is 3.73. The summed E-state index contributed by atoms with van der Waals surface area (Å²) < 4.78 is 8.19. The minimum atomic E-state index is -0.222. The molecule has 0 radical (unpaired) electrons. The summed E-state index contributed by atoms with van der Waals surface area (Å²) in [6.07, 6.45) is 5.77. The number of para-hydroxylation sites is 1. The highest BCUT2D eigenvalue weighted by Crippen LogP contribution is 2.39. The Hall–Kier alpha value is -3.02. The average molecular weight is 392 g/mol. The van der Waals surface area contributed by atoms with E-state index in [0.29, 0.717) is 6.54 Å². The summed E-state index contributed by atoms with van der Waals surface area (Å²) in [4.78, 5) is 9.45. The van der Waals surface area contributed by atoms with Crippen molar-refractivity contribution in [2.75, 3.05) is 13.1 Å². The average Bonchev–Trinajstić information content (AvgIpc) is 3.10. The molecule has 0 amide bonds. The standard InChI is InChI=1S/C23H29N5O/c1-4-24-22(25-13-12-17-16-28-14-8-7-11-21(28)26-17)27-19-15-23(2,3)29-20-10-6-5-9-18(19)20/h5-11,14,16,19H,4,12-13,15H2,1-3H3,(H2,24,25,27). The number of nitrogens with zero attached hydrogens (tertiary/aromatic N) is 3. The number of hydrogen-bond donors (Lipinski definition) is 2. The zero-order chi connectivity index (χ0) is 20.3. The van der Waals surface area contributed by atoms with E-state index in [1.807, 2.05) is 40.9 Å². The summed E-state index contributed by atoms with van der Waals surface area (Å²) in [6.45, 7) is 7.83. The number of rotatable bonds is 5. The van der Waals surface area contributed by atoms with E-state index in [9.17, 15) is 0 Å². The molecule has 2 N–H and O–H groups in total. The largest absolute Gasteiger partial charge is 0.487 e. The summed E-state index contributed by atoms with van der Waals surface area (Å²) in [7, 11) is 0. The Bertz CT molecular complexity index is 974. The number of imidazole rings is 1. The maximum atomic E-state index is 6.15. The van der Waals surface area contributed by atoms with E-state index in [1.165, 1.54) is 5.56 Å². The van der Waals surface area contributed by atoms with E-state index >= 15 is 0 Å². The molecule has 0 fully saturated rings. The van der Waals surface area contributed by atoms with Crippen LogP contribution in [0.1, 0.15) is 44.5 Å². The van der Waals surface area contributed by atoms with E-state index in [1.54, 1.807) is 0 Å². The minimum absolute atomic E-state index is 0.156. The van der Waals surface area contributed by atoms with Gasteiger partial charge in [0.15, 0.2) is 5.96 Å². The summed E-state index contributed by atoms with van der Waals surface area (Å²) in [6, 6.07) is 14.4. The number of aliphatic imine (C=N–C) groups is 1. The SMILES string of the molecule is CCNC(=NCCc1cn2ccccc2n1)NC1CC(C)(C)Oc2ccccc21. The summed E-state index contributed by atoms with van der Waals surface area (Å²) >= 11 is 0. The summed E-state index contributed by atoms with van der Waals surface area (Å²) in [5.74, 6) is 1.77. The van der Waals surface area contributed by atoms with Crippen molar-refractivity contribution in [3.63, 3.8) is 0 Å². The smallest absolute Gasteiger partial charge is 0.191 e. The van der Waals surface area contributed by atoms with Crippen molar-refractivity contribution in [2.24, 2.45) is 4.99 Å². The molecule has 6 heteroatoms. The van der Waals surface area contributed by atoms with Crippen LogP contribution in [0.3, 0.4) is 0 Å². The zero-order valence-corrected chi connectivity index (χ0v) is 17.4.